The Morgan fingerprint density at radius 3 is 2.69 bits per heavy atom. The van der Waals surface area contributed by atoms with Gasteiger partial charge < -0.3 is 23.1 Å². The Kier molecular flexibility index (Phi) is 3.80. The van der Waals surface area contributed by atoms with Gasteiger partial charge in [0.2, 0.25) is 0 Å². The molecular formula is C20H16O6. The van der Waals surface area contributed by atoms with E-state index in [2.05, 4.69) is 0 Å². The van der Waals surface area contributed by atoms with Crippen LogP contribution in [0.25, 0.3) is 22.5 Å². The van der Waals surface area contributed by atoms with Gasteiger partial charge in [-0.25, -0.2) is 4.79 Å². The topological polar surface area (TPSA) is 86.0 Å². The molecule has 0 saturated heterocycles. The van der Waals surface area contributed by atoms with Crippen LogP contribution in [0.5, 0.6) is 11.5 Å². The van der Waals surface area contributed by atoms with Crippen LogP contribution in [0, 0.1) is 13.8 Å². The second-order valence-electron chi connectivity index (χ2n) is 6.00. The number of rotatable bonds is 4. The molecule has 0 spiro atoms. The molecule has 1 aromatic carbocycles. The summed E-state index contributed by atoms with van der Waals surface area (Å²) in [7, 11) is 0. The van der Waals surface area contributed by atoms with Crippen molar-refractivity contribution in [2.24, 2.45) is 0 Å². The van der Waals surface area contributed by atoms with Gasteiger partial charge in [0.1, 0.15) is 29.4 Å². The number of hydrogen-bond donors (Lipinski definition) is 1. The summed E-state index contributed by atoms with van der Waals surface area (Å²) in [4.78, 5) is 11.9. The van der Waals surface area contributed by atoms with Crippen molar-refractivity contribution in [2.45, 2.75) is 20.5 Å². The van der Waals surface area contributed by atoms with Gasteiger partial charge in [0.05, 0.1) is 11.8 Å². The molecule has 4 aromatic rings. The average molecular weight is 352 g/mol. The van der Waals surface area contributed by atoms with Crippen molar-refractivity contribution in [2.75, 3.05) is 0 Å². The zero-order valence-electron chi connectivity index (χ0n) is 14.2. The van der Waals surface area contributed by atoms with Crippen LogP contribution in [0.1, 0.15) is 16.9 Å². The van der Waals surface area contributed by atoms with Gasteiger partial charge in [0.15, 0.2) is 11.5 Å². The van der Waals surface area contributed by atoms with Crippen molar-refractivity contribution in [3.05, 3.63) is 70.0 Å². The minimum absolute atomic E-state index is 0.0841. The van der Waals surface area contributed by atoms with E-state index in [1.807, 2.05) is 12.1 Å². The van der Waals surface area contributed by atoms with Gasteiger partial charge in [-0.15, -0.1) is 0 Å². The molecule has 0 amide bonds. The molecule has 132 valence electrons. The lowest BCUT2D eigenvalue weighted by molar-refractivity contribution is 0.270. The zero-order valence-corrected chi connectivity index (χ0v) is 14.2. The van der Waals surface area contributed by atoms with Crippen LogP contribution in [-0.2, 0) is 6.61 Å². The summed E-state index contributed by atoms with van der Waals surface area (Å²) in [5.74, 6) is 1.89. The van der Waals surface area contributed by atoms with E-state index in [-0.39, 0.29) is 17.1 Å². The molecular weight excluding hydrogens is 336 g/mol. The molecule has 0 atom stereocenters. The maximum absolute atomic E-state index is 11.9. The molecule has 0 bridgehead atoms. The lowest BCUT2D eigenvalue weighted by Crippen LogP contribution is -2.05. The lowest BCUT2D eigenvalue weighted by atomic mass is 10.1. The smallest absolute Gasteiger partial charge is 0.343 e. The monoisotopic (exact) mass is 352 g/mol. The third-order valence-corrected chi connectivity index (χ3v) is 4.22. The molecule has 26 heavy (non-hydrogen) atoms. The van der Waals surface area contributed by atoms with Crippen LogP contribution >= 0.6 is 0 Å². The SMILES string of the molecule is Cc1c(-c2cc3cc(OCc4ccco4)ccc3o2)oc(=O)c(C)c1O. The molecule has 0 unspecified atom stereocenters. The second kappa shape index (κ2) is 6.15. The van der Waals surface area contributed by atoms with Gasteiger partial charge in [-0.3, -0.25) is 0 Å². The van der Waals surface area contributed by atoms with Crippen LogP contribution in [0.15, 0.2) is 60.7 Å². The maximum atomic E-state index is 11.9. The molecule has 1 N–H and O–H groups in total. The third kappa shape index (κ3) is 2.75. The number of aromatic hydroxyl groups is 1. The van der Waals surface area contributed by atoms with E-state index in [0.29, 0.717) is 29.3 Å². The van der Waals surface area contributed by atoms with Gasteiger partial charge in [0, 0.05) is 10.9 Å². The molecule has 0 radical (unpaired) electrons. The van der Waals surface area contributed by atoms with E-state index in [4.69, 9.17) is 18.0 Å². The predicted molar refractivity (Wildman–Crippen MR) is 94.4 cm³/mol. The van der Waals surface area contributed by atoms with Crippen LogP contribution < -0.4 is 10.4 Å². The van der Waals surface area contributed by atoms with Crippen molar-refractivity contribution < 1.29 is 23.1 Å². The Labute approximate surface area is 148 Å². The average Bonchev–Trinajstić information content (AvgIpc) is 3.30. The summed E-state index contributed by atoms with van der Waals surface area (Å²) in [6, 6.07) is 10.8. The van der Waals surface area contributed by atoms with E-state index >= 15 is 0 Å². The first kappa shape index (κ1) is 16.1. The normalized spacial score (nSPS) is 11.2. The highest BCUT2D eigenvalue weighted by Gasteiger charge is 2.18. The fourth-order valence-corrected chi connectivity index (χ4v) is 2.74. The fourth-order valence-electron chi connectivity index (χ4n) is 2.74. The Hall–Kier alpha value is -3.41. The number of fused-ring (bicyclic) bond motifs is 1. The molecule has 0 aliphatic rings. The Bertz CT molecular complexity index is 1130. The molecule has 3 heterocycles. The Morgan fingerprint density at radius 1 is 1.08 bits per heavy atom. The minimum atomic E-state index is -0.592. The summed E-state index contributed by atoms with van der Waals surface area (Å²) < 4.78 is 22.0. The van der Waals surface area contributed by atoms with E-state index < -0.39 is 5.63 Å². The number of furan rings is 2. The van der Waals surface area contributed by atoms with Crippen molar-refractivity contribution in [3.8, 4) is 23.0 Å². The van der Waals surface area contributed by atoms with Gasteiger partial charge in [0.25, 0.3) is 0 Å². The van der Waals surface area contributed by atoms with Crippen molar-refractivity contribution in [1.82, 2.24) is 0 Å². The third-order valence-electron chi connectivity index (χ3n) is 4.22. The first-order valence-corrected chi connectivity index (χ1v) is 8.05. The fraction of sp³-hybridized carbons (Fsp3) is 0.150. The standard InChI is InChI=1S/C20H16O6/c1-11-18(21)12(2)20(22)26-19(11)17-9-13-8-14(5-6-16(13)25-17)24-10-15-4-3-7-23-15/h3-9,21H,10H2,1-2H3. The van der Waals surface area contributed by atoms with Crippen molar-refractivity contribution >= 4 is 11.0 Å². The molecule has 0 fully saturated rings. The molecule has 0 aliphatic heterocycles. The van der Waals surface area contributed by atoms with E-state index in [1.54, 1.807) is 37.5 Å². The highest BCUT2D eigenvalue weighted by atomic mass is 16.5. The van der Waals surface area contributed by atoms with Crippen LogP contribution in [0.4, 0.5) is 0 Å². The summed E-state index contributed by atoms with van der Waals surface area (Å²) in [5, 5.41) is 10.9. The summed E-state index contributed by atoms with van der Waals surface area (Å²) in [5.41, 5.74) is 0.657. The summed E-state index contributed by atoms with van der Waals surface area (Å²) in [6.07, 6.45) is 1.59. The first-order chi connectivity index (χ1) is 12.5. The van der Waals surface area contributed by atoms with Gasteiger partial charge in [-0.1, -0.05) is 0 Å². The van der Waals surface area contributed by atoms with E-state index in [9.17, 15) is 9.90 Å². The molecule has 6 heteroatoms. The number of hydrogen-bond acceptors (Lipinski definition) is 6. The Morgan fingerprint density at radius 2 is 1.92 bits per heavy atom. The highest BCUT2D eigenvalue weighted by Crippen LogP contribution is 2.34. The summed E-state index contributed by atoms with van der Waals surface area (Å²) >= 11 is 0. The molecule has 0 aliphatic carbocycles. The zero-order chi connectivity index (χ0) is 18.3. The summed E-state index contributed by atoms with van der Waals surface area (Å²) in [6.45, 7) is 3.51. The van der Waals surface area contributed by atoms with Crippen LogP contribution in [0.2, 0.25) is 0 Å². The van der Waals surface area contributed by atoms with E-state index in [1.165, 1.54) is 6.92 Å². The van der Waals surface area contributed by atoms with Gasteiger partial charge >= 0.3 is 5.63 Å². The van der Waals surface area contributed by atoms with Gasteiger partial charge in [-0.2, -0.15) is 0 Å². The first-order valence-electron chi connectivity index (χ1n) is 8.05. The van der Waals surface area contributed by atoms with Crippen molar-refractivity contribution in [1.29, 1.82) is 0 Å². The largest absolute Gasteiger partial charge is 0.507 e. The van der Waals surface area contributed by atoms with Crippen molar-refractivity contribution in [3.63, 3.8) is 0 Å². The lowest BCUT2D eigenvalue weighted by Gasteiger charge is -2.05. The van der Waals surface area contributed by atoms with Crippen LogP contribution in [0.3, 0.4) is 0 Å². The molecule has 6 nitrogen and oxygen atoms in total. The molecule has 0 saturated carbocycles. The quantitative estimate of drug-likeness (QED) is 0.580. The highest BCUT2D eigenvalue weighted by molar-refractivity contribution is 5.84. The van der Waals surface area contributed by atoms with Crippen LogP contribution in [-0.4, -0.2) is 5.11 Å². The van der Waals surface area contributed by atoms with E-state index in [0.717, 1.165) is 11.1 Å². The number of ether oxygens (including phenoxy) is 1. The number of benzene rings is 1. The molecule has 4 rings (SSSR count). The minimum Gasteiger partial charge on any atom is -0.507 e. The molecule has 3 aromatic heterocycles. The van der Waals surface area contributed by atoms with Gasteiger partial charge in [-0.05, 0) is 50.2 Å². The second-order valence-corrected chi connectivity index (χ2v) is 6.00. The Balaban J connectivity index is 1.69. The predicted octanol–water partition coefficient (Wildman–Crippen LogP) is 4.55. The maximum Gasteiger partial charge on any atom is 0.343 e.